The van der Waals surface area contributed by atoms with Crippen LogP contribution in [0.1, 0.15) is 17.0 Å². The molecule has 0 bridgehead atoms. The Hall–Kier alpha value is -2.34. The van der Waals surface area contributed by atoms with Crippen molar-refractivity contribution in [2.45, 2.75) is 12.5 Å². The van der Waals surface area contributed by atoms with Gasteiger partial charge in [0.2, 0.25) is 0 Å². The molecule has 0 radical (unpaired) electrons. The number of urea groups is 1. The largest absolute Gasteiger partial charge is 0.497 e. The van der Waals surface area contributed by atoms with Gasteiger partial charge in [-0.05, 0) is 35.4 Å². The molecule has 0 aromatic heterocycles. The lowest BCUT2D eigenvalue weighted by Crippen LogP contribution is -2.29. The van der Waals surface area contributed by atoms with Gasteiger partial charge in [0.1, 0.15) is 5.75 Å². The number of carbonyl (C=O) groups excluding carboxylic acids is 1. The molecule has 2 N–H and O–H groups in total. The molecule has 0 saturated carbocycles. The molecule has 1 aliphatic rings. The van der Waals surface area contributed by atoms with Crippen LogP contribution in [-0.4, -0.2) is 28.9 Å². The van der Waals surface area contributed by atoms with E-state index < -0.39 is 10.8 Å². The lowest BCUT2D eigenvalue weighted by atomic mass is 10.0. The molecule has 2 aromatic carbocycles. The van der Waals surface area contributed by atoms with E-state index in [1.54, 1.807) is 7.11 Å². The summed E-state index contributed by atoms with van der Waals surface area (Å²) < 4.78 is 16.3. The molecule has 24 heavy (non-hydrogen) atoms. The number of amides is 2. The van der Waals surface area contributed by atoms with Gasteiger partial charge in [0.25, 0.3) is 0 Å². The molecule has 0 atom stereocenters. The standard InChI is InChI=1S/C18H20N2O3S/c1-23-17-8-2-13(3-9-17)10-19-18(21)20-16-6-4-14(5-7-16)15-11-24(22)12-15/h2-9,15H,10-12H2,1H3,(H2,19,20,21). The van der Waals surface area contributed by atoms with Crippen LogP contribution in [0.5, 0.6) is 5.75 Å². The molecular weight excluding hydrogens is 324 g/mol. The molecule has 3 rings (SSSR count). The average molecular weight is 344 g/mol. The Labute approximate surface area is 143 Å². The second-order valence-corrected chi connectivity index (χ2v) is 7.29. The molecule has 1 fully saturated rings. The van der Waals surface area contributed by atoms with E-state index >= 15 is 0 Å². The van der Waals surface area contributed by atoms with E-state index in [2.05, 4.69) is 10.6 Å². The number of nitrogens with one attached hydrogen (secondary N) is 2. The van der Waals surface area contributed by atoms with Crippen LogP contribution in [0.3, 0.4) is 0 Å². The molecule has 6 heteroatoms. The highest BCUT2D eigenvalue weighted by atomic mass is 32.2. The molecule has 2 amide bonds. The highest BCUT2D eigenvalue weighted by Crippen LogP contribution is 2.27. The summed E-state index contributed by atoms with van der Waals surface area (Å²) in [5, 5.41) is 5.63. The summed E-state index contributed by atoms with van der Waals surface area (Å²) in [5.41, 5.74) is 2.92. The molecule has 1 saturated heterocycles. The number of ether oxygens (including phenoxy) is 1. The maximum Gasteiger partial charge on any atom is 0.319 e. The van der Waals surface area contributed by atoms with Gasteiger partial charge in [0.15, 0.2) is 0 Å². The Kier molecular flexibility index (Phi) is 5.15. The fourth-order valence-corrected chi connectivity index (χ4v) is 3.72. The van der Waals surface area contributed by atoms with Crippen LogP contribution >= 0.6 is 0 Å². The molecule has 0 spiro atoms. The van der Waals surface area contributed by atoms with Gasteiger partial charge >= 0.3 is 6.03 Å². The molecule has 1 heterocycles. The van der Waals surface area contributed by atoms with Gasteiger partial charge < -0.3 is 15.4 Å². The molecule has 0 aliphatic carbocycles. The topological polar surface area (TPSA) is 67.4 Å². The second kappa shape index (κ2) is 7.49. The van der Waals surface area contributed by atoms with E-state index in [0.717, 1.165) is 28.5 Å². The van der Waals surface area contributed by atoms with Crippen molar-refractivity contribution in [2.24, 2.45) is 0 Å². The SMILES string of the molecule is COc1ccc(CNC(=O)Nc2ccc(C3CS(=O)C3)cc2)cc1. The number of benzene rings is 2. The first kappa shape index (κ1) is 16.5. The van der Waals surface area contributed by atoms with Crippen LogP contribution in [-0.2, 0) is 17.3 Å². The van der Waals surface area contributed by atoms with E-state index in [0.29, 0.717) is 12.5 Å². The van der Waals surface area contributed by atoms with Crippen LogP contribution in [0.2, 0.25) is 0 Å². The van der Waals surface area contributed by atoms with Crippen LogP contribution in [0.15, 0.2) is 48.5 Å². The first-order valence-electron chi connectivity index (χ1n) is 7.77. The number of carbonyl (C=O) groups is 1. The minimum absolute atomic E-state index is 0.247. The summed E-state index contributed by atoms with van der Waals surface area (Å²) in [6.07, 6.45) is 0. The van der Waals surface area contributed by atoms with E-state index in [-0.39, 0.29) is 6.03 Å². The molecule has 5 nitrogen and oxygen atoms in total. The fourth-order valence-electron chi connectivity index (χ4n) is 2.53. The molecule has 126 valence electrons. The average Bonchev–Trinajstić information content (AvgIpc) is 2.58. The van der Waals surface area contributed by atoms with Gasteiger partial charge in [-0.1, -0.05) is 24.3 Å². The summed E-state index contributed by atoms with van der Waals surface area (Å²) in [4.78, 5) is 12.0. The first-order valence-corrected chi connectivity index (χ1v) is 9.25. The van der Waals surface area contributed by atoms with Crippen molar-refractivity contribution >= 4 is 22.5 Å². The highest BCUT2D eigenvalue weighted by molar-refractivity contribution is 7.86. The zero-order valence-electron chi connectivity index (χ0n) is 13.5. The molecule has 2 aromatic rings. The van der Waals surface area contributed by atoms with Gasteiger partial charge in [-0.2, -0.15) is 0 Å². The van der Waals surface area contributed by atoms with Crippen LogP contribution in [0.25, 0.3) is 0 Å². The Morgan fingerprint density at radius 3 is 2.38 bits per heavy atom. The van der Waals surface area contributed by atoms with Gasteiger partial charge in [-0.3, -0.25) is 4.21 Å². The lowest BCUT2D eigenvalue weighted by molar-refractivity contribution is 0.251. The van der Waals surface area contributed by atoms with E-state index in [1.165, 1.54) is 5.56 Å². The lowest BCUT2D eigenvalue weighted by Gasteiger charge is -2.25. The van der Waals surface area contributed by atoms with Crippen LogP contribution in [0, 0.1) is 0 Å². The Morgan fingerprint density at radius 2 is 1.79 bits per heavy atom. The van der Waals surface area contributed by atoms with Crippen LogP contribution in [0.4, 0.5) is 10.5 Å². The number of hydrogen-bond donors (Lipinski definition) is 2. The van der Waals surface area contributed by atoms with Gasteiger partial charge in [-0.25, -0.2) is 4.79 Å². The summed E-state index contributed by atoms with van der Waals surface area (Å²) in [7, 11) is 0.974. The predicted octanol–water partition coefficient (Wildman–Crippen LogP) is 2.86. The van der Waals surface area contributed by atoms with Crippen molar-refractivity contribution in [1.29, 1.82) is 0 Å². The first-order chi connectivity index (χ1) is 11.6. The Morgan fingerprint density at radius 1 is 1.12 bits per heavy atom. The van der Waals surface area contributed by atoms with Crippen molar-refractivity contribution in [2.75, 3.05) is 23.9 Å². The smallest absolute Gasteiger partial charge is 0.319 e. The monoisotopic (exact) mass is 344 g/mol. The maximum atomic E-state index is 12.0. The van der Waals surface area contributed by atoms with Gasteiger partial charge in [0.05, 0.1) is 7.11 Å². The van der Waals surface area contributed by atoms with Crippen molar-refractivity contribution in [1.82, 2.24) is 5.32 Å². The van der Waals surface area contributed by atoms with Crippen molar-refractivity contribution in [3.63, 3.8) is 0 Å². The number of rotatable bonds is 5. The second-order valence-electron chi connectivity index (χ2n) is 5.75. The van der Waals surface area contributed by atoms with Crippen LogP contribution < -0.4 is 15.4 Å². The fraction of sp³-hybridized carbons (Fsp3) is 0.278. The van der Waals surface area contributed by atoms with E-state index in [1.807, 2.05) is 48.5 Å². The Balaban J connectivity index is 1.48. The van der Waals surface area contributed by atoms with Crippen molar-refractivity contribution in [3.05, 3.63) is 59.7 Å². The summed E-state index contributed by atoms with van der Waals surface area (Å²) in [5.74, 6) is 2.67. The van der Waals surface area contributed by atoms with Crippen molar-refractivity contribution < 1.29 is 13.7 Å². The number of methoxy groups -OCH3 is 1. The van der Waals surface area contributed by atoms with E-state index in [4.69, 9.17) is 4.74 Å². The Bertz CT molecular complexity index is 721. The quantitative estimate of drug-likeness (QED) is 0.876. The zero-order valence-corrected chi connectivity index (χ0v) is 14.3. The van der Waals surface area contributed by atoms with E-state index in [9.17, 15) is 9.00 Å². The molecule has 0 unspecified atom stereocenters. The third-order valence-electron chi connectivity index (χ3n) is 4.03. The van der Waals surface area contributed by atoms with Gasteiger partial charge in [0, 0.05) is 40.5 Å². The minimum atomic E-state index is -0.648. The maximum absolute atomic E-state index is 12.0. The molecule has 1 aliphatic heterocycles. The zero-order chi connectivity index (χ0) is 16.9. The molecular formula is C18H20N2O3S. The normalized spacial score (nSPS) is 19.2. The number of anilines is 1. The summed E-state index contributed by atoms with van der Waals surface area (Å²) in [6.45, 7) is 0.446. The van der Waals surface area contributed by atoms with Gasteiger partial charge in [-0.15, -0.1) is 0 Å². The third-order valence-corrected chi connectivity index (χ3v) is 5.57. The highest BCUT2D eigenvalue weighted by Gasteiger charge is 2.26. The summed E-state index contributed by atoms with van der Waals surface area (Å²) in [6, 6.07) is 15.0. The minimum Gasteiger partial charge on any atom is -0.497 e. The number of hydrogen-bond acceptors (Lipinski definition) is 3. The van der Waals surface area contributed by atoms with Crippen molar-refractivity contribution in [3.8, 4) is 5.75 Å². The summed E-state index contributed by atoms with van der Waals surface area (Å²) >= 11 is 0. The third kappa shape index (κ3) is 4.14. The predicted molar refractivity (Wildman–Crippen MR) is 95.9 cm³/mol.